The number of pyridine rings is 1. The smallest absolute Gasteiger partial charge is 0.237 e. The van der Waals surface area contributed by atoms with Crippen LogP contribution in [0.25, 0.3) is 0 Å². The Morgan fingerprint density at radius 2 is 1.92 bits per heavy atom. The second-order valence-electron chi connectivity index (χ2n) is 4.75. The van der Waals surface area contributed by atoms with Gasteiger partial charge in [-0.25, -0.2) is 4.98 Å². The Morgan fingerprint density at radius 1 is 1.29 bits per heavy atom. The predicted octanol–water partition coefficient (Wildman–Crippen LogP) is 3.18. The zero-order valence-corrected chi connectivity index (χ0v) is 14.1. The number of anilines is 2. The van der Waals surface area contributed by atoms with E-state index in [2.05, 4.69) is 10.3 Å². The van der Waals surface area contributed by atoms with Crippen molar-refractivity contribution in [3.8, 4) is 12.1 Å². The fourth-order valence-electron chi connectivity index (χ4n) is 1.77. The van der Waals surface area contributed by atoms with Crippen LogP contribution in [0, 0.1) is 22.7 Å². The van der Waals surface area contributed by atoms with Crippen molar-refractivity contribution in [3.05, 3.63) is 46.5 Å². The van der Waals surface area contributed by atoms with Crippen molar-refractivity contribution in [2.45, 2.75) is 17.2 Å². The Labute approximate surface area is 148 Å². The van der Waals surface area contributed by atoms with E-state index >= 15 is 0 Å². The molecule has 6 nitrogen and oxygen atoms in total. The van der Waals surface area contributed by atoms with Crippen molar-refractivity contribution in [1.29, 1.82) is 10.5 Å². The molecule has 1 atom stereocenters. The van der Waals surface area contributed by atoms with Crippen LogP contribution in [-0.4, -0.2) is 16.1 Å². The lowest BCUT2D eigenvalue weighted by atomic mass is 10.2. The Morgan fingerprint density at radius 3 is 2.50 bits per heavy atom. The van der Waals surface area contributed by atoms with Gasteiger partial charge in [-0.15, -0.1) is 0 Å². The van der Waals surface area contributed by atoms with Crippen molar-refractivity contribution in [2.24, 2.45) is 0 Å². The fourth-order valence-corrected chi connectivity index (χ4v) is 2.78. The first-order chi connectivity index (χ1) is 11.4. The maximum absolute atomic E-state index is 12.3. The van der Waals surface area contributed by atoms with Crippen LogP contribution in [0.1, 0.15) is 18.1 Å². The number of nitriles is 2. The fraction of sp³-hybridized carbons (Fsp3) is 0.125. The first-order valence-electron chi connectivity index (χ1n) is 6.78. The van der Waals surface area contributed by atoms with Gasteiger partial charge in [-0.2, -0.15) is 10.5 Å². The SMILES string of the molecule is CC(Sc1nc(N)c(C#N)cc1C#N)C(=O)Nc1ccc(Cl)cc1. The van der Waals surface area contributed by atoms with Gasteiger partial charge in [0.2, 0.25) is 5.91 Å². The highest BCUT2D eigenvalue weighted by Crippen LogP contribution is 2.28. The summed E-state index contributed by atoms with van der Waals surface area (Å²) in [6.07, 6.45) is 0. The zero-order chi connectivity index (χ0) is 17.7. The first kappa shape index (κ1) is 17.6. The molecule has 0 spiro atoms. The Hall–Kier alpha value is -2.74. The molecule has 0 radical (unpaired) electrons. The van der Waals surface area contributed by atoms with E-state index in [1.807, 2.05) is 12.1 Å². The number of hydrogen-bond donors (Lipinski definition) is 2. The highest BCUT2D eigenvalue weighted by atomic mass is 35.5. The van der Waals surface area contributed by atoms with E-state index in [1.165, 1.54) is 6.07 Å². The number of benzene rings is 1. The molecule has 0 bridgehead atoms. The molecular formula is C16H12ClN5OS. The molecule has 1 aromatic carbocycles. The maximum atomic E-state index is 12.3. The predicted molar refractivity (Wildman–Crippen MR) is 93.5 cm³/mol. The number of thioether (sulfide) groups is 1. The van der Waals surface area contributed by atoms with Crippen molar-refractivity contribution in [1.82, 2.24) is 4.98 Å². The van der Waals surface area contributed by atoms with E-state index in [0.717, 1.165) is 11.8 Å². The molecule has 0 aliphatic carbocycles. The van der Waals surface area contributed by atoms with Crippen LogP contribution in [0.15, 0.2) is 35.4 Å². The largest absolute Gasteiger partial charge is 0.383 e. The molecule has 24 heavy (non-hydrogen) atoms. The van der Waals surface area contributed by atoms with Crippen molar-refractivity contribution >= 4 is 40.8 Å². The molecule has 2 aromatic rings. The van der Waals surface area contributed by atoms with Gasteiger partial charge in [-0.05, 0) is 37.3 Å². The molecule has 2 rings (SSSR count). The quantitative estimate of drug-likeness (QED) is 0.812. The number of rotatable bonds is 4. The third-order valence-electron chi connectivity index (χ3n) is 3.03. The van der Waals surface area contributed by atoms with E-state index in [4.69, 9.17) is 22.6 Å². The number of nitrogens with two attached hydrogens (primary N) is 1. The average Bonchev–Trinajstić information content (AvgIpc) is 2.57. The topological polar surface area (TPSA) is 116 Å². The van der Waals surface area contributed by atoms with E-state index < -0.39 is 5.25 Å². The summed E-state index contributed by atoms with van der Waals surface area (Å²) in [5.41, 5.74) is 6.63. The normalized spacial score (nSPS) is 11.2. The van der Waals surface area contributed by atoms with Gasteiger partial charge in [0.05, 0.1) is 16.4 Å². The van der Waals surface area contributed by atoms with E-state index in [1.54, 1.807) is 31.2 Å². The molecule has 1 amide bonds. The van der Waals surface area contributed by atoms with E-state index in [9.17, 15) is 10.1 Å². The molecule has 120 valence electrons. The number of hydrogen-bond acceptors (Lipinski definition) is 6. The first-order valence-corrected chi connectivity index (χ1v) is 8.04. The summed E-state index contributed by atoms with van der Waals surface area (Å²) in [7, 11) is 0. The van der Waals surface area contributed by atoms with Crippen LogP contribution in [-0.2, 0) is 4.79 Å². The Kier molecular flexibility index (Phi) is 5.64. The molecule has 8 heteroatoms. The zero-order valence-electron chi connectivity index (χ0n) is 12.6. The summed E-state index contributed by atoms with van der Waals surface area (Å²) in [4.78, 5) is 16.3. The van der Waals surface area contributed by atoms with Crippen molar-refractivity contribution in [3.63, 3.8) is 0 Å². The van der Waals surface area contributed by atoms with Crippen LogP contribution in [0.2, 0.25) is 5.02 Å². The van der Waals surface area contributed by atoms with Gasteiger partial charge in [0.15, 0.2) is 0 Å². The average molecular weight is 358 g/mol. The highest BCUT2D eigenvalue weighted by Gasteiger charge is 2.19. The molecule has 1 heterocycles. The third-order valence-corrected chi connectivity index (χ3v) is 4.38. The molecule has 3 N–H and O–H groups in total. The van der Waals surface area contributed by atoms with E-state index in [0.29, 0.717) is 15.7 Å². The number of nitrogens with zero attached hydrogens (tertiary/aromatic N) is 3. The van der Waals surface area contributed by atoms with Crippen LogP contribution >= 0.6 is 23.4 Å². The van der Waals surface area contributed by atoms with Gasteiger partial charge in [0, 0.05) is 10.7 Å². The third kappa shape index (κ3) is 4.17. The minimum atomic E-state index is -0.521. The van der Waals surface area contributed by atoms with Gasteiger partial charge in [0.25, 0.3) is 0 Å². The molecule has 1 unspecified atom stereocenters. The summed E-state index contributed by atoms with van der Waals surface area (Å²) < 4.78 is 0. The minimum Gasteiger partial charge on any atom is -0.383 e. The van der Waals surface area contributed by atoms with Crippen molar-refractivity contribution in [2.75, 3.05) is 11.1 Å². The lowest BCUT2D eigenvalue weighted by Crippen LogP contribution is -2.22. The van der Waals surface area contributed by atoms with Gasteiger partial charge in [-0.1, -0.05) is 23.4 Å². The molecule has 1 aromatic heterocycles. The number of amides is 1. The number of nitrogen functional groups attached to an aromatic ring is 1. The standard InChI is InChI=1S/C16H12ClN5OS/c1-9(15(23)21-13-4-2-12(17)3-5-13)24-16-11(8-19)6-10(7-18)14(20)22-16/h2-6,9H,1H3,(H2,20,22)(H,21,23). The monoisotopic (exact) mass is 357 g/mol. The van der Waals surface area contributed by atoms with Gasteiger partial charge in [0.1, 0.15) is 23.0 Å². The summed E-state index contributed by atoms with van der Waals surface area (Å²) >= 11 is 6.90. The molecule has 0 saturated carbocycles. The summed E-state index contributed by atoms with van der Waals surface area (Å²) in [5, 5.41) is 21.2. The lowest BCUT2D eigenvalue weighted by molar-refractivity contribution is -0.115. The maximum Gasteiger partial charge on any atom is 0.237 e. The van der Waals surface area contributed by atoms with Crippen molar-refractivity contribution < 1.29 is 4.79 Å². The molecule has 0 aliphatic heterocycles. The van der Waals surface area contributed by atoms with Gasteiger partial charge in [-0.3, -0.25) is 4.79 Å². The van der Waals surface area contributed by atoms with E-state index in [-0.39, 0.29) is 22.9 Å². The summed E-state index contributed by atoms with van der Waals surface area (Å²) in [6, 6.07) is 11.9. The van der Waals surface area contributed by atoms with Gasteiger partial charge >= 0.3 is 0 Å². The number of halogens is 1. The molecule has 0 aliphatic rings. The Bertz CT molecular complexity index is 854. The van der Waals surface area contributed by atoms with Crippen LogP contribution in [0.5, 0.6) is 0 Å². The molecule has 0 fully saturated rings. The minimum absolute atomic E-state index is 0.0318. The van der Waals surface area contributed by atoms with Crippen LogP contribution in [0.4, 0.5) is 11.5 Å². The number of carbonyl (C=O) groups is 1. The second kappa shape index (κ2) is 7.69. The van der Waals surface area contributed by atoms with Gasteiger partial charge < -0.3 is 11.1 Å². The number of aromatic nitrogens is 1. The van der Waals surface area contributed by atoms with Crippen LogP contribution in [0.3, 0.4) is 0 Å². The number of carbonyl (C=O) groups excluding carboxylic acids is 1. The lowest BCUT2D eigenvalue weighted by Gasteiger charge is -2.13. The summed E-state index contributed by atoms with van der Waals surface area (Å²) in [5.74, 6) is -0.222. The summed E-state index contributed by atoms with van der Waals surface area (Å²) in [6.45, 7) is 1.69. The van der Waals surface area contributed by atoms with Crippen LogP contribution < -0.4 is 11.1 Å². The molecular weight excluding hydrogens is 346 g/mol. The molecule has 0 saturated heterocycles. The highest BCUT2D eigenvalue weighted by molar-refractivity contribution is 8.00. The second-order valence-corrected chi connectivity index (χ2v) is 6.52. The number of nitrogens with one attached hydrogen (secondary N) is 1. The Balaban J connectivity index is 2.14.